The predicted molar refractivity (Wildman–Crippen MR) is 52.3 cm³/mol. The first-order valence-corrected chi connectivity index (χ1v) is 4.26. The molecule has 1 rings (SSSR count). The standard InChI is InChI=1S/C11H12O3/c1-7-4-5-8(2)9(6-7)10(12)11(13)14-3/h4-6H,1-3H3. The number of benzene rings is 1. The molecule has 0 N–H and O–H groups in total. The van der Waals surface area contributed by atoms with Crippen LogP contribution in [0.1, 0.15) is 21.5 Å². The summed E-state index contributed by atoms with van der Waals surface area (Å²) in [6.07, 6.45) is 0. The van der Waals surface area contributed by atoms with Crippen molar-refractivity contribution in [2.24, 2.45) is 0 Å². The lowest BCUT2D eigenvalue weighted by molar-refractivity contribution is -0.135. The molecule has 0 aromatic heterocycles. The third-order valence-corrected chi connectivity index (χ3v) is 2.01. The van der Waals surface area contributed by atoms with Crippen molar-refractivity contribution in [3.8, 4) is 0 Å². The number of esters is 1. The van der Waals surface area contributed by atoms with Gasteiger partial charge in [0.15, 0.2) is 0 Å². The number of ketones is 1. The third-order valence-electron chi connectivity index (χ3n) is 2.01. The first-order chi connectivity index (χ1) is 6.56. The minimum Gasteiger partial charge on any atom is -0.463 e. The van der Waals surface area contributed by atoms with Crippen LogP contribution in [0.15, 0.2) is 18.2 Å². The summed E-state index contributed by atoms with van der Waals surface area (Å²) < 4.78 is 4.37. The Morgan fingerprint density at radius 2 is 1.86 bits per heavy atom. The first-order valence-electron chi connectivity index (χ1n) is 4.26. The molecule has 0 amide bonds. The van der Waals surface area contributed by atoms with E-state index in [1.54, 1.807) is 13.0 Å². The van der Waals surface area contributed by atoms with Crippen LogP contribution in [-0.2, 0) is 9.53 Å². The normalized spacial score (nSPS) is 9.64. The molecule has 0 saturated heterocycles. The Kier molecular flexibility index (Phi) is 3.02. The second-order valence-electron chi connectivity index (χ2n) is 3.14. The van der Waals surface area contributed by atoms with Gasteiger partial charge in [-0.05, 0) is 25.5 Å². The Labute approximate surface area is 82.7 Å². The van der Waals surface area contributed by atoms with Gasteiger partial charge in [0, 0.05) is 5.56 Å². The molecule has 0 aliphatic heterocycles. The quantitative estimate of drug-likeness (QED) is 0.406. The summed E-state index contributed by atoms with van der Waals surface area (Å²) in [7, 11) is 1.20. The molecule has 0 saturated carbocycles. The van der Waals surface area contributed by atoms with E-state index in [0.717, 1.165) is 11.1 Å². The Morgan fingerprint density at radius 1 is 1.21 bits per heavy atom. The number of rotatable bonds is 2. The van der Waals surface area contributed by atoms with Crippen LogP contribution in [0.4, 0.5) is 0 Å². The zero-order valence-corrected chi connectivity index (χ0v) is 8.46. The van der Waals surface area contributed by atoms with E-state index in [2.05, 4.69) is 4.74 Å². The van der Waals surface area contributed by atoms with E-state index in [1.165, 1.54) is 7.11 Å². The van der Waals surface area contributed by atoms with Gasteiger partial charge in [0.25, 0.3) is 5.78 Å². The number of hydrogen-bond acceptors (Lipinski definition) is 3. The molecule has 74 valence electrons. The van der Waals surface area contributed by atoms with Crippen LogP contribution in [0.25, 0.3) is 0 Å². The van der Waals surface area contributed by atoms with E-state index in [1.807, 2.05) is 19.1 Å². The molecule has 0 heterocycles. The van der Waals surface area contributed by atoms with Crippen molar-refractivity contribution in [3.63, 3.8) is 0 Å². The SMILES string of the molecule is COC(=O)C(=O)c1cc(C)ccc1C. The lowest BCUT2D eigenvalue weighted by atomic mass is 10.0. The fourth-order valence-electron chi connectivity index (χ4n) is 1.18. The van der Waals surface area contributed by atoms with Crippen LogP contribution in [0.2, 0.25) is 0 Å². The van der Waals surface area contributed by atoms with E-state index < -0.39 is 11.8 Å². The van der Waals surface area contributed by atoms with Gasteiger partial charge in [0.1, 0.15) is 0 Å². The largest absolute Gasteiger partial charge is 0.463 e. The molecule has 0 bridgehead atoms. The van der Waals surface area contributed by atoms with Gasteiger partial charge < -0.3 is 4.74 Å². The minimum absolute atomic E-state index is 0.414. The van der Waals surface area contributed by atoms with Gasteiger partial charge in [-0.15, -0.1) is 0 Å². The molecule has 3 nitrogen and oxygen atoms in total. The molecule has 0 unspecified atom stereocenters. The number of hydrogen-bond donors (Lipinski definition) is 0. The summed E-state index contributed by atoms with van der Waals surface area (Å²) in [5.74, 6) is -1.41. The second kappa shape index (κ2) is 4.05. The average Bonchev–Trinajstić information content (AvgIpc) is 2.19. The number of Topliss-reactive ketones (excluding diaryl/α,β-unsaturated/α-hetero) is 1. The number of aryl methyl sites for hydroxylation is 2. The molecule has 3 heteroatoms. The molecule has 0 fully saturated rings. The second-order valence-corrected chi connectivity index (χ2v) is 3.14. The summed E-state index contributed by atoms with van der Waals surface area (Å²) in [6, 6.07) is 5.39. The molecule has 0 aliphatic carbocycles. The Hall–Kier alpha value is -1.64. The van der Waals surface area contributed by atoms with E-state index >= 15 is 0 Å². The predicted octanol–water partition coefficient (Wildman–Crippen LogP) is 1.66. The highest BCUT2D eigenvalue weighted by Crippen LogP contribution is 2.11. The van der Waals surface area contributed by atoms with Crippen molar-refractivity contribution < 1.29 is 14.3 Å². The van der Waals surface area contributed by atoms with Crippen LogP contribution >= 0.6 is 0 Å². The van der Waals surface area contributed by atoms with Gasteiger partial charge in [0.05, 0.1) is 7.11 Å². The monoisotopic (exact) mass is 192 g/mol. The first kappa shape index (κ1) is 10.4. The molecule has 0 aliphatic rings. The van der Waals surface area contributed by atoms with Gasteiger partial charge in [-0.3, -0.25) is 4.79 Å². The summed E-state index contributed by atoms with van der Waals surface area (Å²) in [4.78, 5) is 22.5. The Morgan fingerprint density at radius 3 is 2.43 bits per heavy atom. The van der Waals surface area contributed by atoms with Crippen molar-refractivity contribution in [1.82, 2.24) is 0 Å². The summed E-state index contributed by atoms with van der Waals surface area (Å²) in [5.41, 5.74) is 2.14. The van der Waals surface area contributed by atoms with Gasteiger partial charge in [-0.1, -0.05) is 17.7 Å². The average molecular weight is 192 g/mol. The molecular formula is C11H12O3. The number of ether oxygens (including phenoxy) is 1. The van der Waals surface area contributed by atoms with Gasteiger partial charge in [0.2, 0.25) is 0 Å². The summed E-state index contributed by atoms with van der Waals surface area (Å²) in [6.45, 7) is 3.66. The van der Waals surface area contributed by atoms with Crippen LogP contribution in [0.5, 0.6) is 0 Å². The van der Waals surface area contributed by atoms with Gasteiger partial charge in [-0.25, -0.2) is 4.79 Å². The number of carbonyl (C=O) groups excluding carboxylic acids is 2. The maximum absolute atomic E-state index is 11.5. The van der Waals surface area contributed by atoms with Crippen molar-refractivity contribution in [2.45, 2.75) is 13.8 Å². The van der Waals surface area contributed by atoms with Crippen LogP contribution < -0.4 is 0 Å². The fourth-order valence-corrected chi connectivity index (χ4v) is 1.18. The van der Waals surface area contributed by atoms with Crippen molar-refractivity contribution in [1.29, 1.82) is 0 Å². The smallest absolute Gasteiger partial charge is 0.379 e. The van der Waals surface area contributed by atoms with E-state index in [0.29, 0.717) is 5.56 Å². The van der Waals surface area contributed by atoms with Crippen molar-refractivity contribution in [2.75, 3.05) is 7.11 Å². The maximum atomic E-state index is 11.5. The summed E-state index contributed by atoms with van der Waals surface area (Å²) >= 11 is 0. The van der Waals surface area contributed by atoms with Gasteiger partial charge in [-0.2, -0.15) is 0 Å². The molecule has 1 aromatic carbocycles. The van der Waals surface area contributed by atoms with Crippen LogP contribution in [0.3, 0.4) is 0 Å². The van der Waals surface area contributed by atoms with E-state index in [4.69, 9.17) is 0 Å². The van der Waals surface area contributed by atoms with Crippen molar-refractivity contribution >= 4 is 11.8 Å². The molecule has 0 atom stereocenters. The minimum atomic E-state index is -0.821. The fraction of sp³-hybridized carbons (Fsp3) is 0.273. The highest BCUT2D eigenvalue weighted by molar-refractivity contribution is 6.40. The van der Waals surface area contributed by atoms with Crippen LogP contribution in [0, 0.1) is 13.8 Å². The highest BCUT2D eigenvalue weighted by Gasteiger charge is 2.18. The number of methoxy groups -OCH3 is 1. The maximum Gasteiger partial charge on any atom is 0.379 e. The Bertz CT molecular complexity index is 380. The molecule has 1 aromatic rings. The van der Waals surface area contributed by atoms with E-state index in [-0.39, 0.29) is 0 Å². The van der Waals surface area contributed by atoms with E-state index in [9.17, 15) is 9.59 Å². The lowest BCUT2D eigenvalue weighted by Crippen LogP contribution is -2.16. The number of carbonyl (C=O) groups is 2. The highest BCUT2D eigenvalue weighted by atomic mass is 16.5. The zero-order valence-electron chi connectivity index (χ0n) is 8.46. The third kappa shape index (κ3) is 1.99. The molecule has 0 spiro atoms. The molecule has 14 heavy (non-hydrogen) atoms. The van der Waals surface area contributed by atoms with Crippen molar-refractivity contribution in [3.05, 3.63) is 34.9 Å². The topological polar surface area (TPSA) is 43.4 Å². The zero-order chi connectivity index (χ0) is 10.7. The molecule has 0 radical (unpaired) electrons. The molecular weight excluding hydrogens is 180 g/mol. The van der Waals surface area contributed by atoms with Gasteiger partial charge >= 0.3 is 5.97 Å². The summed E-state index contributed by atoms with van der Waals surface area (Å²) in [5, 5.41) is 0. The lowest BCUT2D eigenvalue weighted by Gasteiger charge is -2.04. The van der Waals surface area contributed by atoms with Crippen LogP contribution in [-0.4, -0.2) is 18.9 Å². The Balaban J connectivity index is 3.12.